The maximum absolute atomic E-state index is 12.1. The van der Waals surface area contributed by atoms with E-state index in [0.717, 1.165) is 23.5 Å². The molecule has 2 unspecified atom stereocenters. The molecule has 4 heteroatoms. The van der Waals surface area contributed by atoms with E-state index in [1.165, 1.54) is 25.9 Å². The summed E-state index contributed by atoms with van der Waals surface area (Å²) in [4.78, 5) is 14.6. The molecule has 1 aromatic heterocycles. The van der Waals surface area contributed by atoms with Crippen molar-refractivity contribution >= 4 is 17.4 Å². The third-order valence-corrected chi connectivity index (χ3v) is 4.61. The van der Waals surface area contributed by atoms with Crippen molar-refractivity contribution in [2.75, 3.05) is 13.1 Å². The molecule has 0 radical (unpaired) electrons. The SMILES string of the molecule is Cc1cc(C(=O)C(C)Cl)c(C)n1CC(C)N1CCCC1. The second kappa shape index (κ2) is 6.31. The van der Waals surface area contributed by atoms with Gasteiger partial charge >= 0.3 is 0 Å². The highest BCUT2D eigenvalue weighted by Crippen LogP contribution is 2.21. The van der Waals surface area contributed by atoms with Crippen LogP contribution in [0.3, 0.4) is 0 Å². The Hall–Kier alpha value is -0.800. The molecular formula is C16H25ClN2O. The predicted molar refractivity (Wildman–Crippen MR) is 83.8 cm³/mol. The summed E-state index contributed by atoms with van der Waals surface area (Å²) < 4.78 is 2.26. The summed E-state index contributed by atoms with van der Waals surface area (Å²) >= 11 is 5.94. The van der Waals surface area contributed by atoms with Crippen LogP contribution in [-0.4, -0.2) is 39.8 Å². The lowest BCUT2D eigenvalue weighted by Gasteiger charge is -2.25. The Morgan fingerprint density at radius 1 is 1.30 bits per heavy atom. The van der Waals surface area contributed by atoms with Gasteiger partial charge in [0.2, 0.25) is 0 Å². The molecule has 0 bridgehead atoms. The normalized spacial score (nSPS) is 19.2. The molecule has 112 valence electrons. The highest BCUT2D eigenvalue weighted by Gasteiger charge is 2.22. The predicted octanol–water partition coefficient (Wildman–Crippen LogP) is 3.40. The molecule has 0 aliphatic carbocycles. The van der Waals surface area contributed by atoms with E-state index >= 15 is 0 Å². The van der Waals surface area contributed by atoms with Gasteiger partial charge < -0.3 is 4.57 Å². The standard InChI is InChI=1S/C16H25ClN2O/c1-11-9-15(16(20)13(3)17)14(4)19(11)10-12(2)18-7-5-6-8-18/h9,12-13H,5-8,10H2,1-4H3. The van der Waals surface area contributed by atoms with E-state index in [9.17, 15) is 4.79 Å². The number of aryl methyl sites for hydroxylation is 1. The van der Waals surface area contributed by atoms with Crippen LogP contribution in [0.2, 0.25) is 0 Å². The van der Waals surface area contributed by atoms with Crippen molar-refractivity contribution in [3.05, 3.63) is 23.0 Å². The number of ketones is 1. The largest absolute Gasteiger partial charge is 0.347 e. The number of aromatic nitrogens is 1. The molecular weight excluding hydrogens is 272 g/mol. The Labute approximate surface area is 126 Å². The van der Waals surface area contributed by atoms with Gasteiger partial charge in [0.05, 0.1) is 5.38 Å². The van der Waals surface area contributed by atoms with Crippen molar-refractivity contribution in [2.24, 2.45) is 0 Å². The molecule has 1 fully saturated rings. The smallest absolute Gasteiger partial charge is 0.182 e. The number of carbonyl (C=O) groups is 1. The van der Waals surface area contributed by atoms with Crippen LogP contribution in [0, 0.1) is 13.8 Å². The minimum atomic E-state index is -0.458. The van der Waals surface area contributed by atoms with Gasteiger partial charge in [-0.1, -0.05) is 0 Å². The molecule has 2 heterocycles. The van der Waals surface area contributed by atoms with Gasteiger partial charge in [0.1, 0.15) is 0 Å². The van der Waals surface area contributed by atoms with Crippen LogP contribution >= 0.6 is 11.6 Å². The maximum Gasteiger partial charge on any atom is 0.182 e. The van der Waals surface area contributed by atoms with Gasteiger partial charge in [0, 0.05) is 29.5 Å². The highest BCUT2D eigenvalue weighted by atomic mass is 35.5. The lowest BCUT2D eigenvalue weighted by atomic mass is 10.1. The highest BCUT2D eigenvalue weighted by molar-refractivity contribution is 6.33. The Kier molecular flexibility index (Phi) is 4.92. The fraction of sp³-hybridized carbons (Fsp3) is 0.688. The number of nitrogens with zero attached hydrogens (tertiary/aromatic N) is 2. The lowest BCUT2D eigenvalue weighted by molar-refractivity contribution is 0.0991. The zero-order chi connectivity index (χ0) is 14.9. The number of carbonyl (C=O) groups excluding carboxylic acids is 1. The van der Waals surface area contributed by atoms with Gasteiger partial charge in [0.25, 0.3) is 0 Å². The summed E-state index contributed by atoms with van der Waals surface area (Å²) in [6, 6.07) is 2.49. The average molecular weight is 297 g/mol. The molecule has 0 spiro atoms. The van der Waals surface area contributed by atoms with Crippen molar-refractivity contribution in [3.8, 4) is 0 Å². The first-order valence-corrected chi connectivity index (χ1v) is 7.94. The van der Waals surface area contributed by atoms with Gasteiger partial charge in [-0.3, -0.25) is 9.69 Å². The van der Waals surface area contributed by atoms with Crippen LogP contribution in [0.1, 0.15) is 48.4 Å². The summed E-state index contributed by atoms with van der Waals surface area (Å²) in [6.45, 7) is 11.5. The number of hydrogen-bond donors (Lipinski definition) is 0. The van der Waals surface area contributed by atoms with Crippen molar-refractivity contribution in [1.29, 1.82) is 0 Å². The van der Waals surface area contributed by atoms with Crippen LogP contribution in [0.15, 0.2) is 6.07 Å². The Balaban J connectivity index is 2.17. The molecule has 3 nitrogen and oxygen atoms in total. The van der Waals surface area contributed by atoms with E-state index < -0.39 is 5.38 Å². The molecule has 1 saturated heterocycles. The Morgan fingerprint density at radius 2 is 1.90 bits per heavy atom. The van der Waals surface area contributed by atoms with E-state index in [-0.39, 0.29) is 5.78 Å². The fourth-order valence-electron chi connectivity index (χ4n) is 3.11. The minimum absolute atomic E-state index is 0.0276. The monoisotopic (exact) mass is 296 g/mol. The number of Topliss-reactive ketones (excluding diaryl/α,β-unsaturated/α-hetero) is 1. The molecule has 0 N–H and O–H groups in total. The second-order valence-electron chi connectivity index (χ2n) is 5.97. The Bertz CT molecular complexity index is 487. The van der Waals surface area contributed by atoms with Crippen molar-refractivity contribution in [3.63, 3.8) is 0 Å². The summed E-state index contributed by atoms with van der Waals surface area (Å²) in [6.07, 6.45) is 2.61. The van der Waals surface area contributed by atoms with Gasteiger partial charge in [-0.05, 0) is 59.7 Å². The molecule has 1 aliphatic rings. The first-order chi connectivity index (χ1) is 9.41. The number of likely N-dealkylation sites (tertiary alicyclic amines) is 1. The van der Waals surface area contributed by atoms with Gasteiger partial charge in [-0.2, -0.15) is 0 Å². The summed E-state index contributed by atoms with van der Waals surface area (Å²) in [5.41, 5.74) is 2.97. The molecule has 2 atom stereocenters. The zero-order valence-corrected chi connectivity index (χ0v) is 13.7. The van der Waals surface area contributed by atoms with E-state index in [0.29, 0.717) is 6.04 Å². The Morgan fingerprint density at radius 3 is 2.45 bits per heavy atom. The van der Waals surface area contributed by atoms with E-state index in [1.54, 1.807) is 6.92 Å². The third kappa shape index (κ3) is 3.09. The third-order valence-electron chi connectivity index (χ3n) is 4.41. The molecule has 0 amide bonds. The molecule has 20 heavy (non-hydrogen) atoms. The topological polar surface area (TPSA) is 25.2 Å². The number of rotatable bonds is 5. The van der Waals surface area contributed by atoms with E-state index in [1.807, 2.05) is 13.0 Å². The van der Waals surface area contributed by atoms with Crippen LogP contribution in [0.5, 0.6) is 0 Å². The van der Waals surface area contributed by atoms with E-state index in [4.69, 9.17) is 11.6 Å². The van der Waals surface area contributed by atoms with Gasteiger partial charge in [-0.25, -0.2) is 0 Å². The van der Waals surface area contributed by atoms with E-state index in [2.05, 4.69) is 23.3 Å². The van der Waals surface area contributed by atoms with Crippen LogP contribution in [0.4, 0.5) is 0 Å². The number of halogens is 1. The molecule has 1 aromatic rings. The van der Waals surface area contributed by atoms with Crippen molar-refractivity contribution < 1.29 is 4.79 Å². The first-order valence-electron chi connectivity index (χ1n) is 7.51. The summed E-state index contributed by atoms with van der Waals surface area (Å²) in [5.74, 6) is 0.0276. The second-order valence-corrected chi connectivity index (χ2v) is 6.62. The molecule has 1 aliphatic heterocycles. The maximum atomic E-state index is 12.1. The minimum Gasteiger partial charge on any atom is -0.347 e. The van der Waals surface area contributed by atoms with Crippen molar-refractivity contribution in [1.82, 2.24) is 9.47 Å². The summed E-state index contributed by atoms with van der Waals surface area (Å²) in [7, 11) is 0. The first kappa shape index (κ1) is 15.6. The average Bonchev–Trinajstić information content (AvgIpc) is 3.01. The zero-order valence-electron chi connectivity index (χ0n) is 12.9. The number of hydrogen-bond acceptors (Lipinski definition) is 2. The fourth-order valence-corrected chi connectivity index (χ4v) is 3.23. The van der Waals surface area contributed by atoms with Crippen LogP contribution in [-0.2, 0) is 6.54 Å². The molecule has 2 rings (SSSR count). The van der Waals surface area contributed by atoms with Crippen LogP contribution in [0.25, 0.3) is 0 Å². The molecule has 0 aromatic carbocycles. The number of alkyl halides is 1. The van der Waals surface area contributed by atoms with Crippen LogP contribution < -0.4 is 0 Å². The quantitative estimate of drug-likeness (QED) is 0.615. The van der Waals surface area contributed by atoms with Gasteiger partial charge in [-0.15, -0.1) is 11.6 Å². The molecule has 0 saturated carbocycles. The van der Waals surface area contributed by atoms with Gasteiger partial charge in [0.15, 0.2) is 5.78 Å². The summed E-state index contributed by atoms with van der Waals surface area (Å²) in [5, 5.41) is -0.458. The lowest BCUT2D eigenvalue weighted by Crippen LogP contribution is -2.34. The van der Waals surface area contributed by atoms with Crippen molar-refractivity contribution in [2.45, 2.75) is 58.5 Å².